The van der Waals surface area contributed by atoms with Gasteiger partial charge in [-0.15, -0.1) is 11.3 Å². The van der Waals surface area contributed by atoms with Crippen LogP contribution in [0.25, 0.3) is 10.6 Å². The van der Waals surface area contributed by atoms with Crippen molar-refractivity contribution in [3.05, 3.63) is 27.8 Å². The number of pyridine rings is 1. The van der Waals surface area contributed by atoms with Gasteiger partial charge in [-0.1, -0.05) is 20.8 Å². The highest BCUT2D eigenvalue weighted by molar-refractivity contribution is 9.10. The smallest absolute Gasteiger partial charge is 0.320 e. The molecule has 0 aliphatic heterocycles. The van der Waals surface area contributed by atoms with Gasteiger partial charge in [-0.2, -0.15) is 0 Å². The van der Waals surface area contributed by atoms with Gasteiger partial charge in [0, 0.05) is 33.6 Å². The molecule has 2 aromatic heterocycles. The molecule has 2 amide bonds. The van der Waals surface area contributed by atoms with E-state index in [0.717, 1.165) is 20.7 Å². The van der Waals surface area contributed by atoms with Gasteiger partial charge in [0.25, 0.3) is 0 Å². The molecule has 0 saturated heterocycles. The topological polar surface area (TPSA) is 66.9 Å². The lowest BCUT2D eigenvalue weighted by Crippen LogP contribution is -2.28. The number of aromatic nitrogens is 2. The van der Waals surface area contributed by atoms with Crippen molar-refractivity contribution in [1.82, 2.24) is 15.3 Å². The summed E-state index contributed by atoms with van der Waals surface area (Å²) in [5.41, 5.74) is 1.98. The Morgan fingerprint density at radius 3 is 2.73 bits per heavy atom. The number of rotatable bonds is 3. The molecule has 0 aromatic carbocycles. The summed E-state index contributed by atoms with van der Waals surface area (Å²) in [6.07, 6.45) is 1.68. The molecule has 0 aliphatic carbocycles. The van der Waals surface area contributed by atoms with Crippen LogP contribution in [0.3, 0.4) is 0 Å². The number of nitrogens with zero attached hydrogens (tertiary/aromatic N) is 2. The molecule has 0 saturated carbocycles. The normalized spacial score (nSPS) is 11.3. The number of hydrogen-bond acceptors (Lipinski definition) is 4. The molecule has 0 spiro atoms. The largest absolute Gasteiger partial charge is 0.338 e. The third-order valence-corrected chi connectivity index (χ3v) is 4.44. The van der Waals surface area contributed by atoms with E-state index < -0.39 is 0 Å². The Bertz CT molecular complexity index is 678. The van der Waals surface area contributed by atoms with E-state index in [9.17, 15) is 4.79 Å². The van der Waals surface area contributed by atoms with Gasteiger partial charge in [0.15, 0.2) is 0 Å². The van der Waals surface area contributed by atoms with E-state index in [4.69, 9.17) is 4.98 Å². The molecule has 118 valence electrons. The fraction of sp³-hybridized carbons (Fsp3) is 0.400. The van der Waals surface area contributed by atoms with Crippen molar-refractivity contribution in [3.8, 4) is 10.6 Å². The molecule has 0 aliphatic rings. The quantitative estimate of drug-likeness (QED) is 0.825. The molecular weight excluding hydrogens is 364 g/mol. The molecule has 2 aromatic rings. The maximum Gasteiger partial charge on any atom is 0.320 e. The van der Waals surface area contributed by atoms with Gasteiger partial charge in [0.05, 0.1) is 5.69 Å². The lowest BCUT2D eigenvalue weighted by Gasteiger charge is -2.14. The molecular formula is C15H19BrN4OS. The van der Waals surface area contributed by atoms with E-state index in [1.54, 1.807) is 17.5 Å². The number of thiazole rings is 1. The zero-order chi connectivity index (χ0) is 16.3. The number of hydrogen-bond donors (Lipinski definition) is 2. The highest BCUT2D eigenvalue weighted by Gasteiger charge is 2.19. The molecule has 0 atom stereocenters. The minimum Gasteiger partial charge on any atom is -0.338 e. The van der Waals surface area contributed by atoms with Gasteiger partial charge in [-0.05, 0) is 28.9 Å². The van der Waals surface area contributed by atoms with Crippen LogP contribution in [0.2, 0.25) is 0 Å². The molecule has 0 radical (unpaired) electrons. The van der Waals surface area contributed by atoms with Crippen LogP contribution in [-0.4, -0.2) is 22.5 Å². The molecule has 0 unspecified atom stereocenters. The lowest BCUT2D eigenvalue weighted by molar-refractivity contribution is 0.252. The predicted molar refractivity (Wildman–Crippen MR) is 94.4 cm³/mol. The molecule has 7 heteroatoms. The maximum absolute atomic E-state index is 11.6. The van der Waals surface area contributed by atoms with Crippen molar-refractivity contribution in [2.75, 3.05) is 11.9 Å². The van der Waals surface area contributed by atoms with Crippen molar-refractivity contribution in [1.29, 1.82) is 0 Å². The highest BCUT2D eigenvalue weighted by Crippen LogP contribution is 2.34. The van der Waals surface area contributed by atoms with Crippen LogP contribution < -0.4 is 10.6 Å². The monoisotopic (exact) mass is 382 g/mol. The number of anilines is 1. The van der Waals surface area contributed by atoms with Crippen LogP contribution in [0.4, 0.5) is 10.6 Å². The molecule has 0 fully saturated rings. The number of halogens is 1. The first-order valence-corrected chi connectivity index (χ1v) is 8.65. The van der Waals surface area contributed by atoms with Crippen molar-refractivity contribution in [2.24, 2.45) is 0 Å². The first kappa shape index (κ1) is 16.9. The second-order valence-electron chi connectivity index (χ2n) is 5.82. The Morgan fingerprint density at radius 1 is 1.41 bits per heavy atom. The van der Waals surface area contributed by atoms with Crippen molar-refractivity contribution < 1.29 is 4.79 Å². The Balaban J connectivity index is 2.30. The van der Waals surface area contributed by atoms with Crippen LogP contribution in [0, 0.1) is 0 Å². The Labute approximate surface area is 142 Å². The Morgan fingerprint density at radius 2 is 2.14 bits per heavy atom. The highest BCUT2D eigenvalue weighted by atomic mass is 79.9. The molecule has 2 heterocycles. The maximum atomic E-state index is 11.6. The summed E-state index contributed by atoms with van der Waals surface area (Å²) < 4.78 is 0.851. The van der Waals surface area contributed by atoms with Crippen LogP contribution in [-0.2, 0) is 5.41 Å². The second-order valence-corrected chi connectivity index (χ2v) is 7.53. The summed E-state index contributed by atoms with van der Waals surface area (Å²) in [6, 6.07) is 1.56. The summed E-state index contributed by atoms with van der Waals surface area (Å²) in [7, 11) is 0. The van der Waals surface area contributed by atoms with Crippen LogP contribution in [0.5, 0.6) is 0 Å². The van der Waals surface area contributed by atoms with E-state index >= 15 is 0 Å². The van der Waals surface area contributed by atoms with Gasteiger partial charge >= 0.3 is 6.03 Å². The van der Waals surface area contributed by atoms with Crippen LogP contribution in [0.15, 0.2) is 22.1 Å². The van der Waals surface area contributed by atoms with Crippen molar-refractivity contribution in [2.45, 2.75) is 33.1 Å². The van der Waals surface area contributed by atoms with Crippen molar-refractivity contribution >= 4 is 39.1 Å². The molecule has 2 N–H and O–H groups in total. The zero-order valence-corrected chi connectivity index (χ0v) is 15.4. The third kappa shape index (κ3) is 4.04. The Kier molecular flexibility index (Phi) is 5.18. The fourth-order valence-electron chi connectivity index (χ4n) is 1.73. The molecule has 22 heavy (non-hydrogen) atoms. The van der Waals surface area contributed by atoms with E-state index in [0.29, 0.717) is 12.4 Å². The van der Waals surface area contributed by atoms with E-state index in [1.165, 1.54) is 0 Å². The van der Waals surface area contributed by atoms with Crippen molar-refractivity contribution in [3.63, 3.8) is 0 Å². The number of carbonyl (C=O) groups excluding carboxylic acids is 1. The Hall–Kier alpha value is -1.47. The molecule has 2 rings (SSSR count). The van der Waals surface area contributed by atoms with Crippen LogP contribution >= 0.6 is 27.3 Å². The predicted octanol–water partition coefficient (Wildman–Crippen LogP) is 4.41. The number of amides is 2. The first-order valence-electron chi connectivity index (χ1n) is 6.98. The summed E-state index contributed by atoms with van der Waals surface area (Å²) in [6.45, 7) is 8.83. The summed E-state index contributed by atoms with van der Waals surface area (Å²) in [4.78, 5) is 20.5. The molecule has 5 nitrogen and oxygen atoms in total. The fourth-order valence-corrected chi connectivity index (χ4v) is 3.35. The summed E-state index contributed by atoms with van der Waals surface area (Å²) in [5.74, 6) is 0.497. The first-order chi connectivity index (χ1) is 10.3. The average Bonchev–Trinajstić information content (AvgIpc) is 2.90. The zero-order valence-electron chi connectivity index (χ0n) is 13.0. The number of carbonyl (C=O) groups is 1. The standard InChI is InChI=1S/C15H19BrN4OS/c1-5-17-14(21)20-12-6-9(10(16)7-18-12)13-19-11(8-22-13)15(2,3)4/h6-8H,5H2,1-4H3,(H2,17,18,20,21). The lowest BCUT2D eigenvalue weighted by atomic mass is 9.93. The molecule has 0 bridgehead atoms. The summed E-state index contributed by atoms with van der Waals surface area (Å²) in [5, 5.41) is 8.36. The van der Waals surface area contributed by atoms with Crippen LogP contribution in [0.1, 0.15) is 33.4 Å². The van der Waals surface area contributed by atoms with Gasteiger partial charge in [0.2, 0.25) is 0 Å². The minimum atomic E-state index is -0.266. The second kappa shape index (κ2) is 6.75. The van der Waals surface area contributed by atoms with E-state index in [1.807, 2.05) is 13.0 Å². The summed E-state index contributed by atoms with van der Waals surface area (Å²) >= 11 is 5.08. The number of urea groups is 1. The van der Waals surface area contributed by atoms with Gasteiger partial charge in [0.1, 0.15) is 10.8 Å². The van der Waals surface area contributed by atoms with Gasteiger partial charge in [-0.3, -0.25) is 5.32 Å². The number of nitrogens with one attached hydrogen (secondary N) is 2. The SMILES string of the molecule is CCNC(=O)Nc1cc(-c2nc(C(C)(C)C)cs2)c(Br)cn1. The van der Waals surface area contributed by atoms with E-state index in [2.05, 4.69) is 57.7 Å². The average molecular weight is 383 g/mol. The third-order valence-electron chi connectivity index (χ3n) is 2.94. The van der Waals surface area contributed by atoms with Gasteiger partial charge < -0.3 is 5.32 Å². The van der Waals surface area contributed by atoms with E-state index in [-0.39, 0.29) is 11.4 Å². The minimum absolute atomic E-state index is 0.0103. The van der Waals surface area contributed by atoms with Gasteiger partial charge in [-0.25, -0.2) is 14.8 Å².